The van der Waals surface area contributed by atoms with Crippen molar-refractivity contribution >= 4 is 15.9 Å². The van der Waals surface area contributed by atoms with Gasteiger partial charge in [-0.2, -0.15) is 0 Å². The van der Waals surface area contributed by atoms with Crippen LogP contribution in [0, 0.1) is 5.82 Å². The Morgan fingerprint density at radius 1 is 1.28 bits per heavy atom. The van der Waals surface area contributed by atoms with Gasteiger partial charge in [0.15, 0.2) is 0 Å². The van der Waals surface area contributed by atoms with Gasteiger partial charge in [0.2, 0.25) is 0 Å². The molecule has 98 valence electrons. The van der Waals surface area contributed by atoms with Gasteiger partial charge in [-0.3, -0.25) is 4.90 Å². The van der Waals surface area contributed by atoms with E-state index >= 15 is 0 Å². The van der Waals surface area contributed by atoms with Crippen LogP contribution in [0.4, 0.5) is 4.39 Å². The summed E-state index contributed by atoms with van der Waals surface area (Å²) in [6.07, 6.45) is 4.66. The summed E-state index contributed by atoms with van der Waals surface area (Å²) >= 11 is 3.35. The molecule has 2 bridgehead atoms. The Hall–Kier alpha value is -0.450. The van der Waals surface area contributed by atoms with Crippen molar-refractivity contribution in [3.8, 4) is 0 Å². The zero-order valence-electron chi connectivity index (χ0n) is 10.3. The van der Waals surface area contributed by atoms with E-state index in [0.29, 0.717) is 22.6 Å². The van der Waals surface area contributed by atoms with Crippen LogP contribution in [0.25, 0.3) is 0 Å². The van der Waals surface area contributed by atoms with Crippen molar-refractivity contribution in [3.63, 3.8) is 0 Å². The van der Waals surface area contributed by atoms with Crippen LogP contribution < -0.4 is 5.73 Å². The molecule has 0 amide bonds. The molecule has 2 aliphatic heterocycles. The zero-order valence-corrected chi connectivity index (χ0v) is 11.9. The second-order valence-electron chi connectivity index (χ2n) is 5.50. The van der Waals surface area contributed by atoms with E-state index < -0.39 is 0 Å². The minimum Gasteiger partial charge on any atom is -0.328 e. The minimum absolute atomic E-state index is 0.173. The van der Waals surface area contributed by atoms with Gasteiger partial charge in [0.1, 0.15) is 5.82 Å². The maximum absolute atomic E-state index is 13.5. The van der Waals surface area contributed by atoms with Gasteiger partial charge >= 0.3 is 0 Å². The van der Waals surface area contributed by atoms with E-state index in [0.717, 1.165) is 24.9 Å². The van der Waals surface area contributed by atoms with E-state index in [1.165, 1.54) is 18.9 Å². The van der Waals surface area contributed by atoms with Crippen molar-refractivity contribution in [1.29, 1.82) is 0 Å². The first-order valence-corrected chi connectivity index (χ1v) is 7.38. The molecule has 0 spiro atoms. The summed E-state index contributed by atoms with van der Waals surface area (Å²) < 4.78 is 14.1. The molecule has 2 heterocycles. The molecule has 4 heteroatoms. The van der Waals surface area contributed by atoms with Gasteiger partial charge in [-0.05, 0) is 53.2 Å². The highest BCUT2D eigenvalue weighted by Gasteiger charge is 2.39. The Labute approximate surface area is 115 Å². The first kappa shape index (κ1) is 12.6. The quantitative estimate of drug-likeness (QED) is 0.909. The number of hydrogen-bond acceptors (Lipinski definition) is 2. The Morgan fingerprint density at radius 2 is 1.94 bits per heavy atom. The summed E-state index contributed by atoms with van der Waals surface area (Å²) in [5.74, 6) is -0.173. The van der Waals surface area contributed by atoms with Crippen LogP contribution in [0.5, 0.6) is 0 Å². The molecule has 2 nitrogen and oxygen atoms in total. The highest BCUT2D eigenvalue weighted by Crippen LogP contribution is 2.37. The smallest absolute Gasteiger partial charge is 0.137 e. The van der Waals surface area contributed by atoms with Gasteiger partial charge in [-0.25, -0.2) is 4.39 Å². The van der Waals surface area contributed by atoms with E-state index in [1.807, 2.05) is 6.07 Å². The number of piperidine rings is 1. The molecule has 2 aliphatic rings. The average Bonchev–Trinajstić information content (AvgIpc) is 2.58. The Morgan fingerprint density at radius 3 is 2.61 bits per heavy atom. The second kappa shape index (κ2) is 4.91. The fourth-order valence-electron chi connectivity index (χ4n) is 3.44. The molecule has 3 rings (SSSR count). The van der Waals surface area contributed by atoms with Crippen LogP contribution in [-0.2, 0) is 6.54 Å². The topological polar surface area (TPSA) is 29.3 Å². The maximum atomic E-state index is 13.5. The predicted octanol–water partition coefficient (Wildman–Crippen LogP) is 3.04. The molecular weight excluding hydrogens is 295 g/mol. The van der Waals surface area contributed by atoms with Gasteiger partial charge in [0, 0.05) is 24.7 Å². The lowest BCUT2D eigenvalue weighted by Crippen LogP contribution is -2.46. The molecular formula is C14H18BrFN2. The second-order valence-corrected chi connectivity index (χ2v) is 6.29. The monoisotopic (exact) mass is 312 g/mol. The number of halogens is 2. The van der Waals surface area contributed by atoms with E-state index in [2.05, 4.69) is 20.8 Å². The third-order valence-corrected chi connectivity index (χ3v) is 5.19. The van der Waals surface area contributed by atoms with Crippen molar-refractivity contribution in [1.82, 2.24) is 4.90 Å². The first-order valence-electron chi connectivity index (χ1n) is 6.59. The summed E-state index contributed by atoms with van der Waals surface area (Å²) in [4.78, 5) is 2.52. The Balaban J connectivity index is 1.79. The number of fused-ring (bicyclic) bond motifs is 2. The van der Waals surface area contributed by atoms with Crippen molar-refractivity contribution in [2.45, 2.75) is 50.4 Å². The average molecular weight is 313 g/mol. The van der Waals surface area contributed by atoms with Gasteiger partial charge in [-0.15, -0.1) is 0 Å². The van der Waals surface area contributed by atoms with Crippen molar-refractivity contribution < 1.29 is 4.39 Å². The molecule has 18 heavy (non-hydrogen) atoms. The third-order valence-electron chi connectivity index (χ3n) is 4.31. The number of nitrogens with zero attached hydrogens (tertiary/aromatic N) is 1. The van der Waals surface area contributed by atoms with Crippen LogP contribution >= 0.6 is 15.9 Å². The van der Waals surface area contributed by atoms with Crippen LogP contribution in [0.3, 0.4) is 0 Å². The van der Waals surface area contributed by atoms with Gasteiger partial charge < -0.3 is 5.73 Å². The largest absolute Gasteiger partial charge is 0.328 e. The summed E-state index contributed by atoms with van der Waals surface area (Å²) in [5.41, 5.74) is 7.11. The van der Waals surface area contributed by atoms with Gasteiger partial charge in [0.05, 0.1) is 4.47 Å². The van der Waals surface area contributed by atoms with Crippen LogP contribution in [-0.4, -0.2) is 23.0 Å². The normalized spacial score (nSPS) is 31.8. The Bertz CT molecular complexity index is 437. The van der Waals surface area contributed by atoms with Crippen LogP contribution in [0.2, 0.25) is 0 Å². The molecule has 0 radical (unpaired) electrons. The molecule has 0 saturated carbocycles. The minimum atomic E-state index is -0.173. The lowest BCUT2D eigenvalue weighted by atomic mass is 9.97. The van der Waals surface area contributed by atoms with E-state index in [9.17, 15) is 4.39 Å². The first-order chi connectivity index (χ1) is 8.65. The van der Waals surface area contributed by atoms with Crippen molar-refractivity contribution in [2.75, 3.05) is 0 Å². The third kappa shape index (κ3) is 2.22. The van der Waals surface area contributed by atoms with E-state index in [4.69, 9.17) is 5.73 Å². The lowest BCUT2D eigenvalue weighted by Gasteiger charge is -2.37. The van der Waals surface area contributed by atoms with E-state index in [1.54, 1.807) is 6.07 Å². The van der Waals surface area contributed by atoms with Crippen molar-refractivity contribution in [3.05, 3.63) is 34.1 Å². The molecule has 0 aromatic heterocycles. The number of rotatable bonds is 2. The summed E-state index contributed by atoms with van der Waals surface area (Å²) in [6, 6.07) is 6.82. The molecule has 2 N–H and O–H groups in total. The molecule has 2 fully saturated rings. The SMILES string of the molecule is NC1CC2CCC(C1)N2Cc1cccc(F)c1Br. The summed E-state index contributed by atoms with van der Waals surface area (Å²) in [6.45, 7) is 0.834. The number of nitrogens with two attached hydrogens (primary N) is 1. The molecule has 2 saturated heterocycles. The number of hydrogen-bond donors (Lipinski definition) is 1. The molecule has 1 aromatic rings. The summed E-state index contributed by atoms with van der Waals surface area (Å²) in [5, 5.41) is 0. The molecule has 2 atom stereocenters. The van der Waals surface area contributed by atoms with Crippen LogP contribution in [0.15, 0.2) is 22.7 Å². The highest BCUT2D eigenvalue weighted by atomic mass is 79.9. The van der Waals surface area contributed by atoms with Crippen molar-refractivity contribution in [2.24, 2.45) is 5.73 Å². The highest BCUT2D eigenvalue weighted by molar-refractivity contribution is 9.10. The molecule has 0 aliphatic carbocycles. The Kier molecular flexibility index (Phi) is 3.43. The number of benzene rings is 1. The van der Waals surface area contributed by atoms with Gasteiger partial charge in [0.25, 0.3) is 0 Å². The van der Waals surface area contributed by atoms with Crippen LogP contribution in [0.1, 0.15) is 31.2 Å². The lowest BCUT2D eigenvalue weighted by molar-refractivity contribution is 0.119. The molecule has 2 unspecified atom stereocenters. The standard InChI is InChI=1S/C14H18BrFN2/c15-14-9(2-1-3-13(14)16)8-18-11-4-5-12(18)7-10(17)6-11/h1-3,10-12H,4-8,17H2. The fourth-order valence-corrected chi connectivity index (χ4v) is 3.83. The predicted molar refractivity (Wildman–Crippen MR) is 73.7 cm³/mol. The van der Waals surface area contributed by atoms with E-state index in [-0.39, 0.29) is 5.82 Å². The zero-order chi connectivity index (χ0) is 12.7. The summed E-state index contributed by atoms with van der Waals surface area (Å²) in [7, 11) is 0. The molecule has 1 aromatic carbocycles. The fraction of sp³-hybridized carbons (Fsp3) is 0.571. The van der Waals surface area contributed by atoms with Gasteiger partial charge in [-0.1, -0.05) is 12.1 Å². The maximum Gasteiger partial charge on any atom is 0.137 e.